The molecular formula is C23H29ClO3. The van der Waals surface area contributed by atoms with E-state index in [9.17, 15) is 4.79 Å². The molecular weight excluding hydrogens is 360 g/mol. The first kappa shape index (κ1) is 21.3. The summed E-state index contributed by atoms with van der Waals surface area (Å²) in [5, 5.41) is 0.763. The van der Waals surface area contributed by atoms with Crippen LogP contribution in [-0.2, 0) is 10.2 Å². The third-order valence-corrected chi connectivity index (χ3v) is 4.97. The van der Waals surface area contributed by atoms with Gasteiger partial charge in [0.05, 0.1) is 6.61 Å². The first-order valence-corrected chi connectivity index (χ1v) is 9.67. The quantitative estimate of drug-likeness (QED) is 0.329. The summed E-state index contributed by atoms with van der Waals surface area (Å²) in [6, 6.07) is 9.75. The Labute approximate surface area is 167 Å². The molecule has 0 saturated carbocycles. The minimum absolute atomic E-state index is 0.0882. The summed E-state index contributed by atoms with van der Waals surface area (Å²) >= 11 is 6.17. The van der Waals surface area contributed by atoms with Crippen LogP contribution in [0.5, 0.6) is 11.5 Å². The SMILES string of the molecule is Cc1ccc(OC(=O)CCCOc2cc(C)c(Cl)c(C)c2)c(C(C)(C)C)c1. The summed E-state index contributed by atoms with van der Waals surface area (Å²) in [6.45, 7) is 12.7. The monoisotopic (exact) mass is 388 g/mol. The van der Waals surface area contributed by atoms with Crippen LogP contribution in [-0.4, -0.2) is 12.6 Å². The van der Waals surface area contributed by atoms with Crippen LogP contribution in [0, 0.1) is 20.8 Å². The van der Waals surface area contributed by atoms with Gasteiger partial charge in [-0.05, 0) is 61.9 Å². The van der Waals surface area contributed by atoms with Gasteiger partial charge in [0.1, 0.15) is 11.5 Å². The molecule has 2 aromatic carbocycles. The third-order valence-electron chi connectivity index (χ3n) is 4.37. The van der Waals surface area contributed by atoms with Crippen molar-refractivity contribution in [3.8, 4) is 11.5 Å². The lowest BCUT2D eigenvalue weighted by Gasteiger charge is -2.22. The van der Waals surface area contributed by atoms with E-state index in [1.165, 1.54) is 0 Å². The molecule has 0 spiro atoms. The van der Waals surface area contributed by atoms with Crippen LogP contribution in [0.4, 0.5) is 0 Å². The summed E-state index contributed by atoms with van der Waals surface area (Å²) in [6.07, 6.45) is 0.902. The Kier molecular flexibility index (Phi) is 6.94. The van der Waals surface area contributed by atoms with Gasteiger partial charge in [-0.1, -0.05) is 50.1 Å². The number of halogens is 1. The van der Waals surface area contributed by atoms with E-state index in [4.69, 9.17) is 21.1 Å². The molecule has 2 aromatic rings. The van der Waals surface area contributed by atoms with Crippen molar-refractivity contribution in [2.75, 3.05) is 6.61 Å². The molecule has 0 aliphatic heterocycles. The van der Waals surface area contributed by atoms with Gasteiger partial charge >= 0.3 is 5.97 Å². The lowest BCUT2D eigenvalue weighted by molar-refractivity contribution is -0.134. The van der Waals surface area contributed by atoms with E-state index < -0.39 is 0 Å². The molecule has 0 radical (unpaired) electrons. The molecule has 0 heterocycles. The van der Waals surface area contributed by atoms with Crippen molar-refractivity contribution in [3.05, 3.63) is 57.6 Å². The van der Waals surface area contributed by atoms with Crippen molar-refractivity contribution < 1.29 is 14.3 Å². The van der Waals surface area contributed by atoms with Crippen LogP contribution in [0.1, 0.15) is 55.9 Å². The maximum atomic E-state index is 12.2. The van der Waals surface area contributed by atoms with Gasteiger partial charge in [-0.15, -0.1) is 0 Å². The number of rotatable bonds is 6. The minimum Gasteiger partial charge on any atom is -0.494 e. The molecule has 0 unspecified atom stereocenters. The molecule has 0 N–H and O–H groups in total. The zero-order chi connectivity index (χ0) is 20.2. The number of ether oxygens (including phenoxy) is 2. The van der Waals surface area contributed by atoms with E-state index in [1.54, 1.807) is 0 Å². The second-order valence-corrected chi connectivity index (χ2v) is 8.42. The molecule has 3 nitrogen and oxygen atoms in total. The lowest BCUT2D eigenvalue weighted by atomic mass is 9.85. The standard InChI is InChI=1S/C23H29ClO3/c1-15-9-10-20(19(12-15)23(4,5)6)27-21(25)8-7-11-26-18-13-16(2)22(24)17(3)14-18/h9-10,12-14H,7-8,11H2,1-6H3. The first-order valence-electron chi connectivity index (χ1n) is 9.29. The highest BCUT2D eigenvalue weighted by atomic mass is 35.5. The van der Waals surface area contributed by atoms with E-state index in [-0.39, 0.29) is 11.4 Å². The maximum absolute atomic E-state index is 12.2. The predicted octanol–water partition coefficient (Wildman–Crippen LogP) is 6.33. The first-order chi connectivity index (χ1) is 12.6. The van der Waals surface area contributed by atoms with Crippen LogP contribution >= 0.6 is 11.6 Å². The summed E-state index contributed by atoms with van der Waals surface area (Å²) in [5.41, 5.74) is 4.08. The van der Waals surface area contributed by atoms with Crippen LogP contribution in [0.25, 0.3) is 0 Å². The number of carbonyl (C=O) groups excluding carboxylic acids is 1. The number of carbonyl (C=O) groups is 1. The van der Waals surface area contributed by atoms with Gasteiger partial charge in [0, 0.05) is 17.0 Å². The molecule has 146 valence electrons. The summed E-state index contributed by atoms with van der Waals surface area (Å²) in [5.74, 6) is 1.18. The van der Waals surface area contributed by atoms with Gasteiger partial charge < -0.3 is 9.47 Å². The van der Waals surface area contributed by atoms with E-state index in [0.717, 1.165) is 33.0 Å². The van der Waals surface area contributed by atoms with E-state index in [1.807, 2.05) is 45.0 Å². The Balaban J connectivity index is 1.89. The Morgan fingerprint density at radius 2 is 1.67 bits per heavy atom. The molecule has 0 aliphatic rings. The van der Waals surface area contributed by atoms with Crippen LogP contribution < -0.4 is 9.47 Å². The van der Waals surface area contributed by atoms with Gasteiger partial charge in [0.2, 0.25) is 0 Å². The summed E-state index contributed by atoms with van der Waals surface area (Å²) in [7, 11) is 0. The van der Waals surface area contributed by atoms with Gasteiger partial charge in [-0.3, -0.25) is 4.79 Å². The zero-order valence-electron chi connectivity index (χ0n) is 17.1. The molecule has 0 atom stereocenters. The lowest BCUT2D eigenvalue weighted by Crippen LogP contribution is -2.17. The van der Waals surface area contributed by atoms with Crippen LogP contribution in [0.3, 0.4) is 0 Å². The molecule has 0 bridgehead atoms. The summed E-state index contributed by atoms with van der Waals surface area (Å²) in [4.78, 5) is 12.2. The maximum Gasteiger partial charge on any atom is 0.311 e. The van der Waals surface area contributed by atoms with Crippen molar-refractivity contribution in [1.82, 2.24) is 0 Å². The number of esters is 1. The van der Waals surface area contributed by atoms with E-state index in [2.05, 4.69) is 26.8 Å². The van der Waals surface area contributed by atoms with Gasteiger partial charge in [0.25, 0.3) is 0 Å². The van der Waals surface area contributed by atoms with E-state index in [0.29, 0.717) is 25.2 Å². The molecule has 0 fully saturated rings. The second-order valence-electron chi connectivity index (χ2n) is 8.05. The average molecular weight is 389 g/mol. The fraction of sp³-hybridized carbons (Fsp3) is 0.435. The molecule has 0 aliphatic carbocycles. The van der Waals surface area contributed by atoms with E-state index >= 15 is 0 Å². The number of hydrogen-bond acceptors (Lipinski definition) is 3. The fourth-order valence-electron chi connectivity index (χ4n) is 2.89. The summed E-state index contributed by atoms with van der Waals surface area (Å²) < 4.78 is 11.4. The fourth-order valence-corrected chi connectivity index (χ4v) is 3.00. The van der Waals surface area contributed by atoms with Gasteiger partial charge in [0.15, 0.2) is 0 Å². The molecule has 0 aromatic heterocycles. The smallest absolute Gasteiger partial charge is 0.311 e. The average Bonchev–Trinajstić information content (AvgIpc) is 2.57. The molecule has 27 heavy (non-hydrogen) atoms. The Bertz CT molecular complexity index is 796. The highest BCUT2D eigenvalue weighted by Gasteiger charge is 2.20. The number of benzene rings is 2. The van der Waals surface area contributed by atoms with Crippen molar-refractivity contribution in [3.63, 3.8) is 0 Å². The Morgan fingerprint density at radius 3 is 2.26 bits per heavy atom. The molecule has 0 saturated heterocycles. The topological polar surface area (TPSA) is 35.5 Å². The van der Waals surface area contributed by atoms with Gasteiger partial charge in [-0.25, -0.2) is 0 Å². The normalized spacial score (nSPS) is 11.4. The highest BCUT2D eigenvalue weighted by Crippen LogP contribution is 2.32. The number of aryl methyl sites for hydroxylation is 3. The van der Waals surface area contributed by atoms with Gasteiger partial charge in [-0.2, -0.15) is 0 Å². The zero-order valence-corrected chi connectivity index (χ0v) is 17.9. The highest BCUT2D eigenvalue weighted by molar-refractivity contribution is 6.32. The van der Waals surface area contributed by atoms with Crippen molar-refractivity contribution in [2.24, 2.45) is 0 Å². The molecule has 4 heteroatoms. The van der Waals surface area contributed by atoms with Crippen LogP contribution in [0.2, 0.25) is 5.02 Å². The van der Waals surface area contributed by atoms with Crippen molar-refractivity contribution in [2.45, 2.75) is 59.8 Å². The largest absolute Gasteiger partial charge is 0.494 e. The Hall–Kier alpha value is -2.00. The van der Waals surface area contributed by atoms with Crippen molar-refractivity contribution >= 4 is 17.6 Å². The number of hydrogen-bond donors (Lipinski definition) is 0. The third kappa shape index (κ3) is 6.00. The second kappa shape index (κ2) is 8.79. The Morgan fingerprint density at radius 1 is 1.04 bits per heavy atom. The molecule has 2 rings (SSSR count). The van der Waals surface area contributed by atoms with Crippen molar-refractivity contribution in [1.29, 1.82) is 0 Å². The minimum atomic E-state index is -0.239. The van der Waals surface area contributed by atoms with Crippen LogP contribution in [0.15, 0.2) is 30.3 Å². The molecule has 0 amide bonds. The predicted molar refractivity (Wildman–Crippen MR) is 111 cm³/mol.